The van der Waals surface area contributed by atoms with Gasteiger partial charge >= 0.3 is 6.09 Å². The second-order valence-electron chi connectivity index (χ2n) is 13.7. The average Bonchev–Trinajstić information content (AvgIpc) is 2.68. The van der Waals surface area contributed by atoms with Gasteiger partial charge in [-0.3, -0.25) is 9.69 Å². The third-order valence-corrected chi connectivity index (χ3v) is 16.3. The summed E-state index contributed by atoms with van der Waals surface area (Å²) in [6.07, 6.45) is -0.0489. The maximum atomic E-state index is 13.4. The number of methoxy groups -OCH3 is 1. The maximum absolute atomic E-state index is 13.4. The molecule has 0 spiro atoms. The fourth-order valence-electron chi connectivity index (χ4n) is 2.74. The van der Waals surface area contributed by atoms with Crippen LogP contribution in [0, 0.1) is 0 Å². The van der Waals surface area contributed by atoms with Gasteiger partial charge in [-0.05, 0) is 63.5 Å². The van der Waals surface area contributed by atoms with E-state index in [-0.39, 0.29) is 35.9 Å². The summed E-state index contributed by atoms with van der Waals surface area (Å²) in [5.74, 6) is -0.352. The first-order valence-electron chi connectivity index (χ1n) is 13.2. The van der Waals surface area contributed by atoms with Gasteiger partial charge in [-0.1, -0.05) is 53.7 Å². The number of hydrogen-bond acceptors (Lipinski definition) is 6. The lowest BCUT2D eigenvalue weighted by Crippen LogP contribution is -2.53. The Bertz CT molecular complexity index is 764. The maximum Gasteiger partial charge on any atom is 0.411 e. The van der Waals surface area contributed by atoms with Gasteiger partial charge in [-0.15, -0.1) is 0 Å². The van der Waals surface area contributed by atoms with Crippen molar-refractivity contribution in [3.63, 3.8) is 0 Å². The lowest BCUT2D eigenvalue weighted by molar-refractivity contribution is -0.124. The van der Waals surface area contributed by atoms with Crippen LogP contribution >= 0.6 is 0 Å². The molecule has 0 fully saturated rings. The van der Waals surface area contributed by atoms with Gasteiger partial charge in [0.1, 0.15) is 18.9 Å². The minimum Gasteiger partial charge on any atom is -0.444 e. The molecule has 0 aromatic heterocycles. The van der Waals surface area contributed by atoms with Crippen molar-refractivity contribution in [1.29, 1.82) is 0 Å². The van der Waals surface area contributed by atoms with Crippen LogP contribution in [-0.2, 0) is 23.1 Å². The van der Waals surface area contributed by atoms with Crippen LogP contribution in [0.5, 0.6) is 0 Å². The molecule has 0 aliphatic rings. The van der Waals surface area contributed by atoms with Crippen molar-refractivity contribution in [2.75, 3.05) is 33.6 Å². The third-order valence-electron chi connectivity index (χ3n) is 7.30. The summed E-state index contributed by atoms with van der Waals surface area (Å²) in [5, 5.41) is 2.73. The number of amides is 2. The highest BCUT2D eigenvalue weighted by Gasteiger charge is 2.40. The van der Waals surface area contributed by atoms with Gasteiger partial charge in [0.2, 0.25) is 5.91 Å². The SMILES string of the molecule is C=C(CCO[Si](C)(C)C(C)(C)C)[C@@H](CO[Si](C)(C)C(C)(C)C)N(CC(=O)NCOC)C(=O)OC(C)(C)C. The Labute approximate surface area is 229 Å². The highest BCUT2D eigenvalue weighted by atomic mass is 28.4. The summed E-state index contributed by atoms with van der Waals surface area (Å²) in [5.41, 5.74) is 0.0403. The molecule has 0 radical (unpaired) electrons. The van der Waals surface area contributed by atoms with Gasteiger partial charge in [0.15, 0.2) is 16.6 Å². The molecule has 0 unspecified atom stereocenters. The number of carbonyl (C=O) groups is 2. The fraction of sp³-hybridized carbons (Fsp3) is 0.852. The van der Waals surface area contributed by atoms with E-state index in [1.54, 1.807) is 20.8 Å². The van der Waals surface area contributed by atoms with E-state index in [4.69, 9.17) is 18.3 Å². The summed E-state index contributed by atoms with van der Waals surface area (Å²) in [6.45, 7) is 32.2. The molecule has 0 aromatic rings. The summed E-state index contributed by atoms with van der Waals surface area (Å²) in [6, 6.07) is -0.555. The van der Waals surface area contributed by atoms with Gasteiger partial charge in [-0.25, -0.2) is 4.79 Å². The second-order valence-corrected chi connectivity index (χ2v) is 23.4. The molecule has 37 heavy (non-hydrogen) atoms. The molecule has 0 bridgehead atoms. The molecule has 0 aromatic carbocycles. The van der Waals surface area contributed by atoms with Gasteiger partial charge in [0.25, 0.3) is 0 Å². The number of rotatable bonds is 13. The van der Waals surface area contributed by atoms with Crippen molar-refractivity contribution < 1.29 is 27.9 Å². The molecule has 0 aliphatic heterocycles. The van der Waals surface area contributed by atoms with E-state index >= 15 is 0 Å². The van der Waals surface area contributed by atoms with Crippen LogP contribution in [0.3, 0.4) is 0 Å². The van der Waals surface area contributed by atoms with Crippen LogP contribution in [0.1, 0.15) is 68.7 Å². The van der Waals surface area contributed by atoms with Crippen LogP contribution < -0.4 is 5.32 Å². The Morgan fingerprint density at radius 2 is 1.38 bits per heavy atom. The van der Waals surface area contributed by atoms with E-state index in [1.807, 2.05) is 0 Å². The largest absolute Gasteiger partial charge is 0.444 e. The molecule has 0 aliphatic carbocycles. The van der Waals surface area contributed by atoms with Gasteiger partial charge in [-0.2, -0.15) is 0 Å². The molecule has 1 N–H and O–H groups in total. The Morgan fingerprint density at radius 3 is 1.81 bits per heavy atom. The second kappa shape index (κ2) is 13.7. The average molecular weight is 561 g/mol. The van der Waals surface area contributed by atoms with Crippen LogP contribution in [0.4, 0.5) is 4.79 Å². The molecular weight excluding hydrogens is 504 g/mol. The Kier molecular flexibility index (Phi) is 13.3. The molecular formula is C27H56N2O6Si2. The van der Waals surface area contributed by atoms with Crippen molar-refractivity contribution >= 4 is 28.6 Å². The van der Waals surface area contributed by atoms with Crippen LogP contribution in [0.2, 0.25) is 36.3 Å². The smallest absolute Gasteiger partial charge is 0.411 e. The zero-order chi connectivity index (χ0) is 29.5. The first kappa shape index (κ1) is 35.8. The third kappa shape index (κ3) is 12.5. The van der Waals surface area contributed by atoms with Crippen LogP contribution in [0.25, 0.3) is 0 Å². The monoisotopic (exact) mass is 560 g/mol. The highest BCUT2D eigenvalue weighted by Crippen LogP contribution is 2.38. The van der Waals surface area contributed by atoms with Crippen molar-refractivity contribution in [2.24, 2.45) is 0 Å². The van der Waals surface area contributed by atoms with Crippen LogP contribution in [-0.4, -0.2) is 78.8 Å². The summed E-state index contributed by atoms with van der Waals surface area (Å²) in [4.78, 5) is 27.5. The van der Waals surface area contributed by atoms with E-state index < -0.39 is 34.4 Å². The predicted octanol–water partition coefficient (Wildman–Crippen LogP) is 6.30. The lowest BCUT2D eigenvalue weighted by atomic mass is 10.1. The topological polar surface area (TPSA) is 86.3 Å². The summed E-state index contributed by atoms with van der Waals surface area (Å²) >= 11 is 0. The van der Waals surface area contributed by atoms with E-state index in [1.165, 1.54) is 12.0 Å². The summed E-state index contributed by atoms with van der Waals surface area (Å²) in [7, 11) is -2.61. The van der Waals surface area contributed by atoms with Gasteiger partial charge in [0, 0.05) is 13.7 Å². The molecule has 8 nitrogen and oxygen atoms in total. The van der Waals surface area contributed by atoms with E-state index in [9.17, 15) is 9.59 Å². The Balaban J connectivity index is 6.09. The standard InChI is InChI=1S/C27H56N2O6Si2/c1-21(16-17-33-36(12,13)26(5,6)7)22(19-34-37(14,15)27(8,9)10)29(18-23(30)28-20-32-11)24(31)35-25(2,3)4/h22H,1,16-20H2,2-15H3,(H,28,30)/t22-/m1/s1. The minimum absolute atomic E-state index is 0.0169. The molecule has 2 amide bonds. The van der Waals surface area contributed by atoms with Crippen molar-refractivity contribution in [3.05, 3.63) is 12.2 Å². The van der Waals surface area contributed by atoms with E-state index in [2.05, 4.69) is 79.6 Å². The van der Waals surface area contributed by atoms with Gasteiger partial charge in [0.05, 0.1) is 12.6 Å². The molecule has 0 saturated heterocycles. The highest BCUT2D eigenvalue weighted by molar-refractivity contribution is 6.74. The van der Waals surface area contributed by atoms with Crippen molar-refractivity contribution in [2.45, 2.75) is 117 Å². The van der Waals surface area contributed by atoms with Crippen molar-refractivity contribution in [3.8, 4) is 0 Å². The summed E-state index contributed by atoms with van der Waals surface area (Å²) < 4.78 is 23.6. The number of nitrogens with zero attached hydrogens (tertiary/aromatic N) is 1. The zero-order valence-electron chi connectivity index (χ0n) is 26.2. The molecule has 0 rings (SSSR count). The van der Waals surface area contributed by atoms with Crippen LogP contribution in [0.15, 0.2) is 12.2 Å². The molecule has 218 valence electrons. The number of hydrogen-bond donors (Lipinski definition) is 1. The van der Waals surface area contributed by atoms with Gasteiger partial charge < -0.3 is 23.6 Å². The first-order chi connectivity index (χ1) is 16.4. The number of carbonyl (C=O) groups excluding carboxylic acids is 2. The molecule has 10 heteroatoms. The van der Waals surface area contributed by atoms with E-state index in [0.29, 0.717) is 13.0 Å². The lowest BCUT2D eigenvalue weighted by Gasteiger charge is -2.40. The molecule has 0 heterocycles. The minimum atomic E-state index is -2.15. The predicted molar refractivity (Wildman–Crippen MR) is 157 cm³/mol. The first-order valence-corrected chi connectivity index (χ1v) is 19.0. The Hall–Kier alpha value is -1.21. The van der Waals surface area contributed by atoms with Crippen molar-refractivity contribution in [1.82, 2.24) is 10.2 Å². The normalized spacial score (nSPS) is 14.2. The number of ether oxygens (including phenoxy) is 2. The molecule has 1 atom stereocenters. The quantitative estimate of drug-likeness (QED) is 0.162. The fourth-order valence-corrected chi connectivity index (χ4v) is 4.79. The zero-order valence-corrected chi connectivity index (χ0v) is 28.2. The van der Waals surface area contributed by atoms with E-state index in [0.717, 1.165) is 5.57 Å². The number of nitrogens with one attached hydrogen (secondary N) is 1. The Morgan fingerprint density at radius 1 is 0.892 bits per heavy atom. The molecule has 0 saturated carbocycles.